The summed E-state index contributed by atoms with van der Waals surface area (Å²) in [4.78, 5) is 0. The number of hydrogen-bond acceptors (Lipinski definition) is 2. The van der Waals surface area contributed by atoms with Gasteiger partial charge in [-0.25, -0.2) is 4.68 Å². The minimum Gasteiger partial charge on any atom is -0.406 e. The predicted molar refractivity (Wildman–Crippen MR) is 55.0 cm³/mol. The van der Waals surface area contributed by atoms with Crippen molar-refractivity contribution in [2.75, 3.05) is 0 Å². The van der Waals surface area contributed by atoms with Gasteiger partial charge < -0.3 is 4.74 Å². The molecule has 17 heavy (non-hydrogen) atoms. The van der Waals surface area contributed by atoms with E-state index in [0.29, 0.717) is 5.69 Å². The summed E-state index contributed by atoms with van der Waals surface area (Å²) in [5.74, 6) is -0.244. The van der Waals surface area contributed by atoms with Gasteiger partial charge in [-0.05, 0) is 37.3 Å². The fourth-order valence-corrected chi connectivity index (χ4v) is 1.43. The Morgan fingerprint density at radius 1 is 1.12 bits per heavy atom. The number of ether oxygens (including phenoxy) is 1. The van der Waals surface area contributed by atoms with E-state index >= 15 is 0 Å². The molecule has 0 amide bonds. The van der Waals surface area contributed by atoms with Crippen LogP contribution < -0.4 is 4.74 Å². The average molecular weight is 242 g/mol. The molecule has 0 aliphatic rings. The van der Waals surface area contributed by atoms with E-state index in [-0.39, 0.29) is 5.75 Å². The third-order valence-electron chi connectivity index (χ3n) is 2.15. The molecule has 0 spiro atoms. The van der Waals surface area contributed by atoms with E-state index in [0.717, 1.165) is 5.69 Å². The Balaban J connectivity index is 2.22. The summed E-state index contributed by atoms with van der Waals surface area (Å²) < 4.78 is 41.2. The zero-order chi connectivity index (χ0) is 12.5. The number of nitrogens with zero attached hydrogens (tertiary/aromatic N) is 2. The first-order chi connectivity index (χ1) is 7.96. The lowest BCUT2D eigenvalue weighted by Gasteiger charge is -2.09. The second-order valence-corrected chi connectivity index (χ2v) is 3.43. The molecule has 3 nitrogen and oxygen atoms in total. The molecule has 0 saturated carbocycles. The second-order valence-electron chi connectivity index (χ2n) is 3.43. The van der Waals surface area contributed by atoms with Gasteiger partial charge in [0, 0.05) is 11.9 Å². The SMILES string of the molecule is Cc1ccnn1-c1ccc(OC(F)(F)F)cc1. The lowest BCUT2D eigenvalue weighted by molar-refractivity contribution is -0.274. The summed E-state index contributed by atoms with van der Waals surface area (Å²) in [6, 6.07) is 7.34. The Bertz CT molecular complexity index is 502. The first-order valence-electron chi connectivity index (χ1n) is 4.82. The average Bonchev–Trinajstić information content (AvgIpc) is 2.63. The molecule has 0 atom stereocenters. The molecule has 2 rings (SSSR count). The van der Waals surface area contributed by atoms with Gasteiger partial charge in [-0.1, -0.05) is 0 Å². The zero-order valence-corrected chi connectivity index (χ0v) is 8.90. The highest BCUT2D eigenvalue weighted by Crippen LogP contribution is 2.23. The molecule has 2 aromatic rings. The van der Waals surface area contributed by atoms with Crippen molar-refractivity contribution >= 4 is 0 Å². The molecule has 1 heterocycles. The van der Waals surface area contributed by atoms with Gasteiger partial charge >= 0.3 is 6.36 Å². The first-order valence-corrected chi connectivity index (χ1v) is 4.82. The lowest BCUT2D eigenvalue weighted by Crippen LogP contribution is -2.17. The van der Waals surface area contributed by atoms with Crippen molar-refractivity contribution in [3.05, 3.63) is 42.2 Å². The van der Waals surface area contributed by atoms with Crippen molar-refractivity contribution in [2.24, 2.45) is 0 Å². The van der Waals surface area contributed by atoms with E-state index in [1.165, 1.54) is 24.3 Å². The molecular weight excluding hydrogens is 233 g/mol. The molecule has 0 N–H and O–H groups in total. The highest BCUT2D eigenvalue weighted by molar-refractivity contribution is 5.37. The molecule has 1 aromatic heterocycles. The quantitative estimate of drug-likeness (QED) is 0.809. The highest BCUT2D eigenvalue weighted by atomic mass is 19.4. The maximum absolute atomic E-state index is 11.9. The molecule has 6 heteroatoms. The first kappa shape index (κ1) is 11.5. The van der Waals surface area contributed by atoms with Gasteiger partial charge in [0.1, 0.15) is 5.75 Å². The predicted octanol–water partition coefficient (Wildman–Crippen LogP) is 3.08. The van der Waals surface area contributed by atoms with Crippen LogP contribution in [0.15, 0.2) is 36.5 Å². The van der Waals surface area contributed by atoms with Crippen LogP contribution in [0.4, 0.5) is 13.2 Å². The molecule has 0 aliphatic carbocycles. The van der Waals surface area contributed by atoms with Crippen molar-refractivity contribution in [1.29, 1.82) is 0 Å². The number of rotatable bonds is 2. The Labute approximate surface area is 95.4 Å². The summed E-state index contributed by atoms with van der Waals surface area (Å²) in [6.45, 7) is 1.85. The summed E-state index contributed by atoms with van der Waals surface area (Å²) >= 11 is 0. The van der Waals surface area contributed by atoms with Crippen molar-refractivity contribution in [2.45, 2.75) is 13.3 Å². The van der Waals surface area contributed by atoms with E-state index in [1.54, 1.807) is 16.9 Å². The smallest absolute Gasteiger partial charge is 0.406 e. The highest BCUT2D eigenvalue weighted by Gasteiger charge is 2.30. The fourth-order valence-electron chi connectivity index (χ4n) is 1.43. The van der Waals surface area contributed by atoms with Crippen LogP contribution in [0.2, 0.25) is 0 Å². The molecule has 0 unspecified atom stereocenters. The van der Waals surface area contributed by atoms with Crippen molar-refractivity contribution in [3.8, 4) is 11.4 Å². The molecule has 0 bridgehead atoms. The number of aryl methyl sites for hydroxylation is 1. The van der Waals surface area contributed by atoms with E-state index in [9.17, 15) is 13.2 Å². The maximum Gasteiger partial charge on any atom is 0.573 e. The molecule has 90 valence electrons. The summed E-state index contributed by atoms with van der Waals surface area (Å²) in [6.07, 6.45) is -3.04. The van der Waals surface area contributed by atoms with E-state index in [2.05, 4.69) is 9.84 Å². The van der Waals surface area contributed by atoms with Crippen LogP contribution in [0, 0.1) is 6.92 Å². The van der Waals surface area contributed by atoms with Gasteiger partial charge in [-0.3, -0.25) is 0 Å². The Morgan fingerprint density at radius 3 is 2.24 bits per heavy atom. The molecule has 0 radical (unpaired) electrons. The van der Waals surface area contributed by atoms with Gasteiger partial charge in [-0.15, -0.1) is 13.2 Å². The molecule has 1 aromatic carbocycles. The van der Waals surface area contributed by atoms with E-state index in [4.69, 9.17) is 0 Å². The van der Waals surface area contributed by atoms with Crippen molar-refractivity contribution in [3.63, 3.8) is 0 Å². The normalized spacial score (nSPS) is 11.5. The van der Waals surface area contributed by atoms with Gasteiger partial charge in [0.25, 0.3) is 0 Å². The van der Waals surface area contributed by atoms with Gasteiger partial charge in [-0.2, -0.15) is 5.10 Å². The molecule has 0 saturated heterocycles. The van der Waals surface area contributed by atoms with Crippen LogP contribution in [0.25, 0.3) is 5.69 Å². The third kappa shape index (κ3) is 2.77. The topological polar surface area (TPSA) is 27.1 Å². The Kier molecular flexibility index (Phi) is 2.79. The van der Waals surface area contributed by atoms with E-state index in [1.807, 2.05) is 6.92 Å². The number of benzene rings is 1. The summed E-state index contributed by atoms with van der Waals surface area (Å²) in [7, 11) is 0. The summed E-state index contributed by atoms with van der Waals surface area (Å²) in [5.41, 5.74) is 1.58. The van der Waals surface area contributed by atoms with Gasteiger partial charge in [0.15, 0.2) is 0 Å². The Morgan fingerprint density at radius 2 is 1.76 bits per heavy atom. The molecule has 0 aliphatic heterocycles. The summed E-state index contributed by atoms with van der Waals surface area (Å²) in [5, 5.41) is 4.04. The fraction of sp³-hybridized carbons (Fsp3) is 0.182. The molecule has 0 fully saturated rings. The van der Waals surface area contributed by atoms with Crippen LogP contribution >= 0.6 is 0 Å². The van der Waals surface area contributed by atoms with Crippen LogP contribution in [-0.2, 0) is 0 Å². The monoisotopic (exact) mass is 242 g/mol. The van der Waals surface area contributed by atoms with Crippen LogP contribution in [0.1, 0.15) is 5.69 Å². The zero-order valence-electron chi connectivity index (χ0n) is 8.90. The standard InChI is InChI=1S/C11H9F3N2O/c1-8-6-7-15-16(8)9-2-4-10(5-3-9)17-11(12,13)14/h2-7H,1H3. The number of alkyl halides is 3. The lowest BCUT2D eigenvalue weighted by atomic mass is 10.3. The third-order valence-corrected chi connectivity index (χ3v) is 2.15. The second kappa shape index (κ2) is 4.12. The minimum absolute atomic E-state index is 0.244. The van der Waals surface area contributed by atoms with E-state index < -0.39 is 6.36 Å². The molecular formula is C11H9F3N2O. The largest absolute Gasteiger partial charge is 0.573 e. The Hall–Kier alpha value is -1.98. The van der Waals surface area contributed by atoms with Crippen LogP contribution in [-0.4, -0.2) is 16.1 Å². The van der Waals surface area contributed by atoms with Gasteiger partial charge in [0.05, 0.1) is 5.69 Å². The van der Waals surface area contributed by atoms with Crippen LogP contribution in [0.5, 0.6) is 5.75 Å². The minimum atomic E-state index is -4.66. The number of hydrogen-bond donors (Lipinski definition) is 0. The maximum atomic E-state index is 11.9. The van der Waals surface area contributed by atoms with Gasteiger partial charge in [0.2, 0.25) is 0 Å². The number of aromatic nitrogens is 2. The van der Waals surface area contributed by atoms with Crippen molar-refractivity contribution in [1.82, 2.24) is 9.78 Å². The van der Waals surface area contributed by atoms with Crippen molar-refractivity contribution < 1.29 is 17.9 Å². The number of halogens is 3. The van der Waals surface area contributed by atoms with Crippen LogP contribution in [0.3, 0.4) is 0 Å².